The Morgan fingerprint density at radius 2 is 0.571 bits per heavy atom. The average Bonchev–Trinajstić information content (AvgIpc) is 2.84. The first-order valence-corrected chi connectivity index (χ1v) is 11.4. The quantitative estimate of drug-likeness (QED) is 0.0702. The van der Waals surface area contributed by atoms with Crippen molar-refractivity contribution in [3.05, 3.63) is 34.4 Å². The molecule has 12 N–H and O–H groups in total. The van der Waals surface area contributed by atoms with Crippen LogP contribution in [0.4, 0.5) is 0 Å². The normalized spacial score (nSPS) is 13.7. The number of nitrogens with one attached hydrogen (secondary N) is 4. The molecule has 1 aromatic rings. The number of benzene rings is 1. The summed E-state index contributed by atoms with van der Waals surface area (Å²) >= 11 is 0. The lowest BCUT2D eigenvalue weighted by Crippen LogP contribution is -2.40. The van der Waals surface area contributed by atoms with Gasteiger partial charge in [-0.2, -0.15) is 0 Å². The number of hydrogen-bond acceptors (Lipinski definition) is 12. The molecule has 20 heteroatoms. The maximum atomic E-state index is 12.2. The van der Waals surface area contributed by atoms with Crippen molar-refractivity contribution in [3.8, 4) is 0 Å². The fraction of sp³-hybridized carbons (Fsp3) is 0.364. The molecule has 0 saturated carbocycles. The highest BCUT2D eigenvalue weighted by Crippen LogP contribution is 2.34. The zero-order valence-corrected chi connectivity index (χ0v) is 21.1. The van der Waals surface area contributed by atoms with E-state index >= 15 is 0 Å². The van der Waals surface area contributed by atoms with E-state index in [1.54, 1.807) is 0 Å². The van der Waals surface area contributed by atoms with Crippen molar-refractivity contribution in [2.24, 2.45) is 0 Å². The van der Waals surface area contributed by atoms with E-state index in [9.17, 15) is 58.8 Å². The first-order valence-electron chi connectivity index (χ1n) is 11.4. The monoisotopic (exact) mass is 602 g/mol. The summed E-state index contributed by atoms with van der Waals surface area (Å²) in [5, 5.41) is 83.8. The van der Waals surface area contributed by atoms with Crippen molar-refractivity contribution in [2.75, 3.05) is 26.2 Å². The van der Waals surface area contributed by atoms with Gasteiger partial charge >= 0.3 is 47.8 Å². The molecule has 0 radical (unpaired) electrons. The van der Waals surface area contributed by atoms with Crippen LogP contribution < -0.4 is 21.3 Å². The number of carboxylic acids is 8. The van der Waals surface area contributed by atoms with Crippen LogP contribution in [0.15, 0.2) is 12.1 Å². The molecular weight excluding hydrogens is 576 g/mol. The molecule has 0 heterocycles. The number of carbonyl (C=O) groups is 8. The van der Waals surface area contributed by atoms with Crippen LogP contribution in [-0.2, 0) is 38.4 Å². The van der Waals surface area contributed by atoms with Crippen molar-refractivity contribution >= 4 is 47.8 Å². The van der Waals surface area contributed by atoms with Crippen LogP contribution in [0, 0.1) is 0 Å². The molecule has 4 unspecified atom stereocenters. The Labute approximate surface area is 233 Å². The third kappa shape index (κ3) is 10.1. The fourth-order valence-electron chi connectivity index (χ4n) is 3.75. The topological polar surface area (TPSA) is 347 Å². The summed E-state index contributed by atoms with van der Waals surface area (Å²) in [6.45, 7) is -4.15. The van der Waals surface area contributed by atoms with Crippen LogP contribution in [0.5, 0.6) is 0 Å². The van der Waals surface area contributed by atoms with E-state index < -0.39 is 120 Å². The van der Waals surface area contributed by atoms with Crippen LogP contribution in [0.3, 0.4) is 0 Å². The fourth-order valence-corrected chi connectivity index (χ4v) is 3.75. The van der Waals surface area contributed by atoms with Gasteiger partial charge in [0.25, 0.3) is 0 Å². The van der Waals surface area contributed by atoms with Gasteiger partial charge in [0.05, 0.1) is 26.2 Å². The van der Waals surface area contributed by atoms with E-state index in [0.717, 1.165) is 0 Å². The number of aliphatic carboxylic acids is 8. The minimum atomic E-state index is -2.12. The minimum Gasteiger partial charge on any atom is -0.480 e. The van der Waals surface area contributed by atoms with E-state index in [1.165, 1.54) is 0 Å². The predicted molar refractivity (Wildman–Crippen MR) is 131 cm³/mol. The third-order valence-corrected chi connectivity index (χ3v) is 5.35. The molecule has 0 bridgehead atoms. The molecule has 0 aliphatic rings. The molecule has 0 aliphatic heterocycles. The van der Waals surface area contributed by atoms with E-state index in [-0.39, 0.29) is 0 Å². The van der Waals surface area contributed by atoms with Crippen LogP contribution in [0.25, 0.3) is 0 Å². The Balaban J connectivity index is 4.27. The van der Waals surface area contributed by atoms with E-state index in [2.05, 4.69) is 21.3 Å². The summed E-state index contributed by atoms with van der Waals surface area (Å²) in [4.78, 5) is 93.2. The maximum absolute atomic E-state index is 12.2. The van der Waals surface area contributed by atoms with Gasteiger partial charge in [-0.25, -0.2) is 0 Å². The van der Waals surface area contributed by atoms with Crippen molar-refractivity contribution in [1.29, 1.82) is 0 Å². The average molecular weight is 602 g/mol. The van der Waals surface area contributed by atoms with Crippen molar-refractivity contribution in [1.82, 2.24) is 21.3 Å². The first-order chi connectivity index (χ1) is 19.5. The Kier molecular flexibility index (Phi) is 12.9. The smallest absolute Gasteiger partial charge is 0.325 e. The van der Waals surface area contributed by atoms with Crippen molar-refractivity contribution < 1.29 is 79.2 Å². The molecule has 1 rings (SSSR count). The molecular formula is C22H26N4O16. The molecule has 1 aromatic carbocycles. The lowest BCUT2D eigenvalue weighted by Gasteiger charge is -2.28. The molecule has 0 aromatic heterocycles. The summed E-state index contributed by atoms with van der Waals surface area (Å²) in [7, 11) is 0. The summed E-state index contributed by atoms with van der Waals surface area (Å²) < 4.78 is 0. The number of hydrogen-bond donors (Lipinski definition) is 12. The van der Waals surface area contributed by atoms with Gasteiger partial charge in [0.2, 0.25) is 0 Å². The molecule has 20 nitrogen and oxygen atoms in total. The van der Waals surface area contributed by atoms with Gasteiger partial charge in [-0.1, -0.05) is 12.1 Å². The predicted octanol–water partition coefficient (Wildman–Crippen LogP) is -3.11. The van der Waals surface area contributed by atoms with Gasteiger partial charge in [-0.15, -0.1) is 0 Å². The van der Waals surface area contributed by atoms with Crippen LogP contribution in [-0.4, -0.2) is 115 Å². The third-order valence-electron chi connectivity index (χ3n) is 5.35. The van der Waals surface area contributed by atoms with Crippen LogP contribution in [0.2, 0.25) is 0 Å². The van der Waals surface area contributed by atoms with E-state index in [4.69, 9.17) is 20.4 Å². The summed E-state index contributed by atoms with van der Waals surface area (Å²) in [5.74, 6) is -13.6. The molecule has 4 atom stereocenters. The molecule has 0 spiro atoms. The molecule has 0 aliphatic carbocycles. The SMILES string of the molecule is O=C(O)CNC(C(=O)O)c1cc(C(NCC(=O)O)C(=O)O)c(C(NCC(=O)O)C(=O)O)cc1C(NCC(=O)O)C(=O)O. The highest BCUT2D eigenvalue weighted by atomic mass is 16.4. The summed E-state index contributed by atoms with van der Waals surface area (Å²) in [5.41, 5.74) is -2.67. The van der Waals surface area contributed by atoms with Gasteiger partial charge in [0.1, 0.15) is 24.2 Å². The highest BCUT2D eigenvalue weighted by molar-refractivity contribution is 5.85. The lowest BCUT2D eigenvalue weighted by atomic mass is 9.85. The molecule has 0 saturated heterocycles. The van der Waals surface area contributed by atoms with Crippen LogP contribution in [0.1, 0.15) is 46.4 Å². The first kappa shape index (κ1) is 34.8. The van der Waals surface area contributed by atoms with Gasteiger partial charge in [0, 0.05) is 0 Å². The second-order valence-electron chi connectivity index (χ2n) is 8.29. The Morgan fingerprint density at radius 1 is 0.405 bits per heavy atom. The lowest BCUT2D eigenvalue weighted by molar-refractivity contribution is -0.143. The second kappa shape index (κ2) is 15.6. The molecule has 230 valence electrons. The Hall–Kier alpha value is -5.18. The summed E-state index contributed by atoms with van der Waals surface area (Å²) in [6, 6.07) is -7.16. The Morgan fingerprint density at radius 3 is 0.690 bits per heavy atom. The maximum Gasteiger partial charge on any atom is 0.325 e. The molecule has 42 heavy (non-hydrogen) atoms. The summed E-state index contributed by atoms with van der Waals surface area (Å²) in [6.07, 6.45) is 0. The standard InChI is InChI=1S/C22H26N4O16/c27-11(28)3-23-15(19(35)36)7-1-8(16(20(37)38)24-4-12(29)30)10(18(22(41)42)26-6-14(33)34)2-9(7)17(21(39)40)25-5-13(31)32/h1-2,15-18,23-26H,3-6H2,(H,27,28)(H,29,30)(H,31,32)(H,33,34)(H,35,36)(H,37,38)(H,39,40)(H,41,42). The zero-order chi connectivity index (χ0) is 32.3. The van der Waals surface area contributed by atoms with Gasteiger partial charge in [-0.3, -0.25) is 59.6 Å². The van der Waals surface area contributed by atoms with Gasteiger partial charge < -0.3 is 40.9 Å². The zero-order valence-electron chi connectivity index (χ0n) is 21.1. The number of carboxylic acid groups (broad SMARTS) is 8. The largest absolute Gasteiger partial charge is 0.480 e. The molecule has 0 amide bonds. The second-order valence-corrected chi connectivity index (χ2v) is 8.29. The van der Waals surface area contributed by atoms with Crippen molar-refractivity contribution in [3.63, 3.8) is 0 Å². The number of rotatable bonds is 20. The van der Waals surface area contributed by atoms with E-state index in [1.807, 2.05) is 0 Å². The van der Waals surface area contributed by atoms with Gasteiger partial charge in [0.15, 0.2) is 0 Å². The van der Waals surface area contributed by atoms with Crippen LogP contribution >= 0.6 is 0 Å². The minimum absolute atomic E-state index is 0.668. The van der Waals surface area contributed by atoms with Crippen molar-refractivity contribution in [2.45, 2.75) is 24.2 Å². The highest BCUT2D eigenvalue weighted by Gasteiger charge is 2.36. The Bertz CT molecular complexity index is 1080. The van der Waals surface area contributed by atoms with Gasteiger partial charge in [-0.05, 0) is 22.3 Å². The van der Waals surface area contributed by atoms with E-state index in [0.29, 0.717) is 12.1 Å². The molecule has 0 fully saturated rings.